The minimum Gasteiger partial charge on any atom is -0.508 e. The summed E-state index contributed by atoms with van der Waals surface area (Å²) >= 11 is 0. The van der Waals surface area contributed by atoms with Crippen LogP contribution in [0.15, 0.2) is 24.3 Å². The fraction of sp³-hybridized carbons (Fsp3) is 0.188. The predicted molar refractivity (Wildman–Crippen MR) is 74.1 cm³/mol. The SMILES string of the molecule is Cc1c2c(c(C)c3ccc(O)cc13)C(O)C(=O)C=C2. The molecular formula is C16H14O3. The van der Waals surface area contributed by atoms with E-state index in [1.807, 2.05) is 19.9 Å². The van der Waals surface area contributed by atoms with Crippen molar-refractivity contribution in [3.8, 4) is 5.75 Å². The van der Waals surface area contributed by atoms with Crippen LogP contribution in [0.4, 0.5) is 0 Å². The second-order valence-electron chi connectivity index (χ2n) is 4.95. The van der Waals surface area contributed by atoms with Gasteiger partial charge in [0.1, 0.15) is 11.9 Å². The summed E-state index contributed by atoms with van der Waals surface area (Å²) < 4.78 is 0. The van der Waals surface area contributed by atoms with Crippen LogP contribution in [0, 0.1) is 13.8 Å². The number of aromatic hydroxyl groups is 1. The Bertz CT molecular complexity index is 741. The van der Waals surface area contributed by atoms with Gasteiger partial charge in [0.15, 0.2) is 5.78 Å². The van der Waals surface area contributed by atoms with Gasteiger partial charge in [-0.1, -0.05) is 12.1 Å². The van der Waals surface area contributed by atoms with Crippen LogP contribution in [0.3, 0.4) is 0 Å². The first-order valence-corrected chi connectivity index (χ1v) is 6.16. The first-order chi connectivity index (χ1) is 9.00. The maximum Gasteiger partial charge on any atom is 0.188 e. The highest BCUT2D eigenvalue weighted by molar-refractivity contribution is 6.05. The zero-order chi connectivity index (χ0) is 13.7. The number of aliphatic hydroxyl groups is 1. The van der Waals surface area contributed by atoms with Crippen molar-refractivity contribution in [2.45, 2.75) is 20.0 Å². The number of carbonyl (C=O) groups excluding carboxylic acids is 1. The largest absolute Gasteiger partial charge is 0.508 e. The Kier molecular flexibility index (Phi) is 2.47. The second-order valence-corrected chi connectivity index (χ2v) is 4.95. The van der Waals surface area contributed by atoms with E-state index < -0.39 is 6.10 Å². The molecule has 0 amide bonds. The van der Waals surface area contributed by atoms with Gasteiger partial charge in [0.05, 0.1) is 0 Å². The maximum atomic E-state index is 11.6. The summed E-state index contributed by atoms with van der Waals surface area (Å²) in [7, 11) is 0. The van der Waals surface area contributed by atoms with Gasteiger partial charge in [-0.15, -0.1) is 0 Å². The Morgan fingerprint density at radius 3 is 2.53 bits per heavy atom. The molecule has 3 heteroatoms. The lowest BCUT2D eigenvalue weighted by Crippen LogP contribution is -2.16. The molecule has 1 aliphatic carbocycles. The highest BCUT2D eigenvalue weighted by Crippen LogP contribution is 2.38. The van der Waals surface area contributed by atoms with E-state index >= 15 is 0 Å². The van der Waals surface area contributed by atoms with Crippen molar-refractivity contribution in [1.82, 2.24) is 0 Å². The van der Waals surface area contributed by atoms with Crippen LogP contribution in [0.25, 0.3) is 16.8 Å². The van der Waals surface area contributed by atoms with Crippen molar-refractivity contribution in [1.29, 1.82) is 0 Å². The maximum absolute atomic E-state index is 11.6. The summed E-state index contributed by atoms with van der Waals surface area (Å²) in [4.78, 5) is 11.6. The predicted octanol–water partition coefficient (Wildman–Crippen LogP) is 2.79. The van der Waals surface area contributed by atoms with Gasteiger partial charge in [0.2, 0.25) is 0 Å². The first-order valence-electron chi connectivity index (χ1n) is 6.16. The van der Waals surface area contributed by atoms with Gasteiger partial charge < -0.3 is 10.2 Å². The van der Waals surface area contributed by atoms with Crippen molar-refractivity contribution in [3.63, 3.8) is 0 Å². The monoisotopic (exact) mass is 254 g/mol. The minimum absolute atomic E-state index is 0.214. The van der Waals surface area contributed by atoms with E-state index in [0.717, 1.165) is 27.5 Å². The lowest BCUT2D eigenvalue weighted by molar-refractivity contribution is -0.122. The van der Waals surface area contributed by atoms with Crippen molar-refractivity contribution < 1.29 is 15.0 Å². The molecule has 0 bridgehead atoms. The molecule has 0 saturated carbocycles. The van der Waals surface area contributed by atoms with Crippen molar-refractivity contribution in [2.75, 3.05) is 0 Å². The van der Waals surface area contributed by atoms with Crippen LogP contribution in [-0.2, 0) is 4.79 Å². The van der Waals surface area contributed by atoms with E-state index in [0.29, 0.717) is 5.56 Å². The van der Waals surface area contributed by atoms with E-state index in [4.69, 9.17) is 0 Å². The Balaban J connectivity index is 2.48. The Labute approximate surface area is 110 Å². The standard InChI is InChI=1S/C16H14O3/c1-8-12-5-6-14(18)16(19)15(12)9(2)11-4-3-10(17)7-13(8)11/h3-7,16-17,19H,1-2H3. The zero-order valence-electron chi connectivity index (χ0n) is 10.8. The summed E-state index contributed by atoms with van der Waals surface area (Å²) in [5, 5.41) is 21.6. The molecule has 0 heterocycles. The molecule has 1 unspecified atom stereocenters. The molecule has 2 N–H and O–H groups in total. The van der Waals surface area contributed by atoms with Gasteiger partial charge in [-0.05, 0) is 65.1 Å². The van der Waals surface area contributed by atoms with Crippen LogP contribution in [0.2, 0.25) is 0 Å². The van der Waals surface area contributed by atoms with E-state index in [1.54, 1.807) is 18.2 Å². The van der Waals surface area contributed by atoms with Gasteiger partial charge in [-0.2, -0.15) is 0 Å². The zero-order valence-corrected chi connectivity index (χ0v) is 10.8. The number of aliphatic hydroxyl groups excluding tert-OH is 1. The average Bonchev–Trinajstić information content (AvgIpc) is 2.39. The van der Waals surface area contributed by atoms with Crippen LogP contribution < -0.4 is 0 Å². The Morgan fingerprint density at radius 1 is 1.05 bits per heavy atom. The molecule has 0 radical (unpaired) electrons. The van der Waals surface area contributed by atoms with Crippen LogP contribution in [0.5, 0.6) is 5.75 Å². The molecule has 3 rings (SSSR count). The molecule has 2 aromatic rings. The molecule has 0 saturated heterocycles. The third-order valence-corrected chi connectivity index (χ3v) is 3.87. The molecule has 0 spiro atoms. The van der Waals surface area contributed by atoms with Crippen LogP contribution in [-0.4, -0.2) is 16.0 Å². The number of phenols is 1. The normalized spacial score (nSPS) is 17.8. The molecular weight excluding hydrogens is 240 g/mol. The van der Waals surface area contributed by atoms with Gasteiger partial charge in [0, 0.05) is 0 Å². The van der Waals surface area contributed by atoms with E-state index in [2.05, 4.69) is 0 Å². The van der Waals surface area contributed by atoms with Gasteiger partial charge in [-0.25, -0.2) is 0 Å². The highest BCUT2D eigenvalue weighted by atomic mass is 16.3. The van der Waals surface area contributed by atoms with Crippen LogP contribution in [0.1, 0.15) is 28.4 Å². The molecule has 0 aromatic heterocycles. The molecule has 2 aromatic carbocycles. The lowest BCUT2D eigenvalue weighted by atomic mass is 9.83. The fourth-order valence-corrected chi connectivity index (χ4v) is 2.83. The third-order valence-electron chi connectivity index (χ3n) is 3.87. The molecule has 96 valence electrons. The van der Waals surface area contributed by atoms with Crippen molar-refractivity contribution >= 4 is 22.6 Å². The van der Waals surface area contributed by atoms with Crippen molar-refractivity contribution in [3.05, 3.63) is 46.5 Å². The lowest BCUT2D eigenvalue weighted by Gasteiger charge is -2.22. The number of aryl methyl sites for hydroxylation is 2. The van der Waals surface area contributed by atoms with E-state index in [9.17, 15) is 15.0 Å². The first kappa shape index (κ1) is 11.9. The van der Waals surface area contributed by atoms with E-state index in [1.165, 1.54) is 6.08 Å². The molecule has 1 atom stereocenters. The number of rotatable bonds is 0. The highest BCUT2D eigenvalue weighted by Gasteiger charge is 2.26. The number of ketones is 1. The number of fused-ring (bicyclic) bond motifs is 2. The van der Waals surface area contributed by atoms with Crippen LogP contribution >= 0.6 is 0 Å². The summed E-state index contributed by atoms with van der Waals surface area (Å²) in [6.07, 6.45) is 2.07. The van der Waals surface area contributed by atoms with E-state index in [-0.39, 0.29) is 11.5 Å². The molecule has 0 aliphatic heterocycles. The number of benzene rings is 2. The summed E-state index contributed by atoms with van der Waals surface area (Å²) in [6.45, 7) is 3.83. The minimum atomic E-state index is -1.09. The summed E-state index contributed by atoms with van der Waals surface area (Å²) in [6, 6.07) is 5.16. The quantitative estimate of drug-likeness (QED) is 0.760. The summed E-state index contributed by atoms with van der Waals surface area (Å²) in [5.41, 5.74) is 3.42. The number of carbonyl (C=O) groups is 1. The molecule has 19 heavy (non-hydrogen) atoms. The second kappa shape index (κ2) is 3.93. The number of hydrogen-bond acceptors (Lipinski definition) is 3. The molecule has 3 nitrogen and oxygen atoms in total. The number of hydrogen-bond donors (Lipinski definition) is 2. The topological polar surface area (TPSA) is 57.5 Å². The van der Waals surface area contributed by atoms with Gasteiger partial charge in [-0.3, -0.25) is 4.79 Å². The van der Waals surface area contributed by atoms with Gasteiger partial charge in [0.25, 0.3) is 0 Å². The number of phenolic OH excluding ortho intramolecular Hbond substituents is 1. The third kappa shape index (κ3) is 1.59. The Hall–Kier alpha value is -2.13. The molecule has 0 fully saturated rings. The van der Waals surface area contributed by atoms with Crippen molar-refractivity contribution in [2.24, 2.45) is 0 Å². The average molecular weight is 254 g/mol. The van der Waals surface area contributed by atoms with Gasteiger partial charge >= 0.3 is 0 Å². The molecule has 1 aliphatic rings. The Morgan fingerprint density at radius 2 is 1.79 bits per heavy atom. The smallest absolute Gasteiger partial charge is 0.188 e. The fourth-order valence-electron chi connectivity index (χ4n) is 2.83. The summed E-state index contributed by atoms with van der Waals surface area (Å²) in [5.74, 6) is -0.0699.